The van der Waals surface area contributed by atoms with Crippen molar-refractivity contribution in [3.05, 3.63) is 29.3 Å². The predicted octanol–water partition coefficient (Wildman–Crippen LogP) is 4.08. The molecule has 0 bridgehead atoms. The Labute approximate surface area is 155 Å². The maximum Gasteiger partial charge on any atom is 0.307 e. The van der Waals surface area contributed by atoms with Crippen molar-refractivity contribution in [1.82, 2.24) is 4.90 Å². The number of unbranched alkanes of at least 4 members (excludes halogenated alkanes) is 3. The predicted molar refractivity (Wildman–Crippen MR) is 98.9 cm³/mol. The molecule has 0 saturated carbocycles. The summed E-state index contributed by atoms with van der Waals surface area (Å²) in [6.45, 7) is 5.11. The number of amides is 1. The van der Waals surface area contributed by atoms with Crippen molar-refractivity contribution >= 4 is 23.5 Å². The molecular formula is C19H28ClNO4. The van der Waals surface area contributed by atoms with Gasteiger partial charge in [0, 0.05) is 13.1 Å². The van der Waals surface area contributed by atoms with Crippen LogP contribution in [-0.4, -0.2) is 43.1 Å². The summed E-state index contributed by atoms with van der Waals surface area (Å²) in [5.41, 5.74) is 0. The monoisotopic (exact) mass is 369 g/mol. The molecule has 0 atom stereocenters. The van der Waals surface area contributed by atoms with E-state index in [4.69, 9.17) is 21.1 Å². The SMILES string of the molecule is CCCCCCN(CCC(=O)OCC)C(=O)COc1ccccc1Cl. The van der Waals surface area contributed by atoms with Crippen LogP contribution in [-0.2, 0) is 14.3 Å². The summed E-state index contributed by atoms with van der Waals surface area (Å²) in [6, 6.07) is 7.04. The number of hydrogen-bond acceptors (Lipinski definition) is 4. The van der Waals surface area contributed by atoms with Gasteiger partial charge in [0.05, 0.1) is 18.1 Å². The van der Waals surface area contributed by atoms with E-state index in [0.717, 1.165) is 25.7 Å². The smallest absolute Gasteiger partial charge is 0.307 e. The van der Waals surface area contributed by atoms with Gasteiger partial charge in [0.15, 0.2) is 6.61 Å². The van der Waals surface area contributed by atoms with Crippen molar-refractivity contribution in [2.45, 2.75) is 46.0 Å². The fourth-order valence-corrected chi connectivity index (χ4v) is 2.53. The zero-order valence-electron chi connectivity index (χ0n) is 15.1. The number of nitrogens with zero attached hydrogens (tertiary/aromatic N) is 1. The maximum absolute atomic E-state index is 12.5. The molecule has 0 radical (unpaired) electrons. The topological polar surface area (TPSA) is 55.8 Å². The Hall–Kier alpha value is -1.75. The minimum Gasteiger partial charge on any atom is -0.482 e. The van der Waals surface area contributed by atoms with E-state index < -0.39 is 0 Å². The second-order valence-corrected chi connectivity index (χ2v) is 6.12. The first kappa shape index (κ1) is 21.3. The Balaban J connectivity index is 2.54. The summed E-state index contributed by atoms with van der Waals surface area (Å²) in [5.74, 6) is 0.0374. The third-order valence-electron chi connectivity index (χ3n) is 3.71. The number of para-hydroxylation sites is 1. The van der Waals surface area contributed by atoms with Crippen LogP contribution in [0.3, 0.4) is 0 Å². The van der Waals surface area contributed by atoms with Crippen LogP contribution in [0.25, 0.3) is 0 Å². The molecule has 0 fully saturated rings. The van der Waals surface area contributed by atoms with E-state index in [1.807, 2.05) is 0 Å². The lowest BCUT2D eigenvalue weighted by atomic mass is 10.2. The summed E-state index contributed by atoms with van der Waals surface area (Å²) in [4.78, 5) is 25.7. The van der Waals surface area contributed by atoms with Crippen LogP contribution in [0.4, 0.5) is 0 Å². The molecule has 0 aromatic heterocycles. The van der Waals surface area contributed by atoms with Gasteiger partial charge in [-0.3, -0.25) is 9.59 Å². The highest BCUT2D eigenvalue weighted by Crippen LogP contribution is 2.23. The van der Waals surface area contributed by atoms with Crippen LogP contribution < -0.4 is 4.74 Å². The van der Waals surface area contributed by atoms with Crippen LogP contribution in [0.5, 0.6) is 5.75 Å². The molecule has 25 heavy (non-hydrogen) atoms. The third kappa shape index (κ3) is 8.77. The average Bonchev–Trinajstić information content (AvgIpc) is 2.60. The standard InChI is InChI=1S/C19H28ClNO4/c1-3-5-6-9-13-21(14-12-19(23)24-4-2)18(22)15-25-17-11-8-7-10-16(17)20/h7-8,10-11H,3-6,9,12-15H2,1-2H3. The summed E-state index contributed by atoms with van der Waals surface area (Å²) < 4.78 is 10.5. The zero-order valence-corrected chi connectivity index (χ0v) is 15.9. The number of halogens is 1. The maximum atomic E-state index is 12.5. The van der Waals surface area contributed by atoms with Crippen LogP contribution in [0.2, 0.25) is 5.02 Å². The van der Waals surface area contributed by atoms with Gasteiger partial charge in [-0.25, -0.2) is 0 Å². The van der Waals surface area contributed by atoms with Crippen LogP contribution in [0.15, 0.2) is 24.3 Å². The molecule has 0 N–H and O–H groups in total. The molecule has 6 heteroatoms. The molecule has 0 aliphatic heterocycles. The van der Waals surface area contributed by atoms with Crippen LogP contribution >= 0.6 is 11.6 Å². The van der Waals surface area contributed by atoms with E-state index in [1.165, 1.54) is 0 Å². The van der Waals surface area contributed by atoms with Gasteiger partial charge in [-0.1, -0.05) is 49.9 Å². The Kier molecular flexibility index (Phi) is 10.7. The zero-order chi connectivity index (χ0) is 18.5. The van der Waals surface area contributed by atoms with Gasteiger partial charge in [0.2, 0.25) is 0 Å². The first-order chi connectivity index (χ1) is 12.1. The van der Waals surface area contributed by atoms with E-state index in [1.54, 1.807) is 36.1 Å². The lowest BCUT2D eigenvalue weighted by Crippen LogP contribution is -2.37. The molecule has 1 amide bonds. The number of carbonyl (C=O) groups is 2. The van der Waals surface area contributed by atoms with Gasteiger partial charge < -0.3 is 14.4 Å². The van der Waals surface area contributed by atoms with E-state index >= 15 is 0 Å². The molecule has 0 saturated heterocycles. The van der Waals surface area contributed by atoms with Gasteiger partial charge in [0.1, 0.15) is 5.75 Å². The van der Waals surface area contributed by atoms with Crippen LogP contribution in [0.1, 0.15) is 46.0 Å². The van der Waals surface area contributed by atoms with Gasteiger partial charge >= 0.3 is 5.97 Å². The first-order valence-corrected chi connectivity index (χ1v) is 9.27. The van der Waals surface area contributed by atoms with Gasteiger partial charge in [0.25, 0.3) is 5.91 Å². The minimum atomic E-state index is -0.291. The fourth-order valence-electron chi connectivity index (χ4n) is 2.34. The molecule has 0 spiro atoms. The van der Waals surface area contributed by atoms with Crippen molar-refractivity contribution in [3.63, 3.8) is 0 Å². The Morgan fingerprint density at radius 2 is 1.84 bits per heavy atom. The number of carbonyl (C=O) groups excluding carboxylic acids is 2. The van der Waals surface area contributed by atoms with Crippen molar-refractivity contribution in [2.75, 3.05) is 26.3 Å². The second-order valence-electron chi connectivity index (χ2n) is 5.72. The fraction of sp³-hybridized carbons (Fsp3) is 0.579. The number of esters is 1. The number of benzene rings is 1. The molecule has 140 valence electrons. The molecule has 0 aliphatic carbocycles. The summed E-state index contributed by atoms with van der Waals surface area (Å²) in [6.07, 6.45) is 4.43. The summed E-state index contributed by atoms with van der Waals surface area (Å²) >= 11 is 6.03. The highest BCUT2D eigenvalue weighted by atomic mass is 35.5. The highest BCUT2D eigenvalue weighted by molar-refractivity contribution is 6.32. The minimum absolute atomic E-state index is 0.0969. The van der Waals surface area contributed by atoms with E-state index in [0.29, 0.717) is 30.5 Å². The summed E-state index contributed by atoms with van der Waals surface area (Å²) in [7, 11) is 0. The van der Waals surface area contributed by atoms with Gasteiger partial charge in [-0.15, -0.1) is 0 Å². The lowest BCUT2D eigenvalue weighted by molar-refractivity contribution is -0.144. The Morgan fingerprint density at radius 3 is 2.52 bits per heavy atom. The molecule has 1 aromatic rings. The van der Waals surface area contributed by atoms with E-state index in [2.05, 4.69) is 6.92 Å². The summed E-state index contributed by atoms with van der Waals surface area (Å²) in [5, 5.41) is 0.469. The van der Waals surface area contributed by atoms with Gasteiger partial charge in [-0.2, -0.15) is 0 Å². The molecule has 0 heterocycles. The van der Waals surface area contributed by atoms with E-state index in [9.17, 15) is 9.59 Å². The number of rotatable bonds is 12. The van der Waals surface area contributed by atoms with Gasteiger partial charge in [-0.05, 0) is 25.5 Å². The van der Waals surface area contributed by atoms with Crippen molar-refractivity contribution in [3.8, 4) is 5.75 Å². The van der Waals surface area contributed by atoms with Crippen molar-refractivity contribution in [1.29, 1.82) is 0 Å². The Morgan fingerprint density at radius 1 is 1.08 bits per heavy atom. The molecular weight excluding hydrogens is 342 g/mol. The third-order valence-corrected chi connectivity index (χ3v) is 4.03. The molecule has 0 aliphatic rings. The largest absolute Gasteiger partial charge is 0.482 e. The number of ether oxygens (including phenoxy) is 2. The van der Waals surface area contributed by atoms with Crippen molar-refractivity contribution < 1.29 is 19.1 Å². The molecule has 5 nitrogen and oxygen atoms in total. The van der Waals surface area contributed by atoms with Crippen LogP contribution in [0, 0.1) is 0 Å². The Bertz CT molecular complexity index is 536. The first-order valence-electron chi connectivity index (χ1n) is 8.89. The normalized spacial score (nSPS) is 10.4. The van der Waals surface area contributed by atoms with Crippen molar-refractivity contribution in [2.24, 2.45) is 0 Å². The quantitative estimate of drug-likeness (QED) is 0.411. The second kappa shape index (κ2) is 12.6. The number of hydrogen-bond donors (Lipinski definition) is 0. The average molecular weight is 370 g/mol. The molecule has 1 rings (SSSR count). The lowest BCUT2D eigenvalue weighted by Gasteiger charge is -2.22. The molecule has 0 unspecified atom stereocenters. The highest BCUT2D eigenvalue weighted by Gasteiger charge is 2.16. The molecule has 1 aromatic carbocycles. The van der Waals surface area contributed by atoms with E-state index in [-0.39, 0.29) is 24.9 Å².